The van der Waals surface area contributed by atoms with E-state index in [2.05, 4.69) is 15.5 Å². The van der Waals surface area contributed by atoms with Crippen LogP contribution < -0.4 is 15.5 Å². The smallest absolute Gasteiger partial charge is 0.323 e. The summed E-state index contributed by atoms with van der Waals surface area (Å²) in [6.45, 7) is 2.02. The summed E-state index contributed by atoms with van der Waals surface area (Å²) in [5.41, 5.74) is 2.38. The van der Waals surface area contributed by atoms with Gasteiger partial charge in [-0.3, -0.25) is 0 Å². The molecule has 1 aliphatic rings. The van der Waals surface area contributed by atoms with Crippen molar-refractivity contribution in [2.75, 3.05) is 28.6 Å². The molecule has 1 heterocycles. The summed E-state index contributed by atoms with van der Waals surface area (Å²) >= 11 is 0. The second-order valence-corrected chi connectivity index (χ2v) is 5.65. The van der Waals surface area contributed by atoms with Crippen molar-refractivity contribution in [1.29, 1.82) is 0 Å². The number of urea groups is 1. The Morgan fingerprint density at radius 1 is 0.913 bits per heavy atom. The Morgan fingerprint density at radius 2 is 1.61 bits per heavy atom. The average Bonchev–Trinajstić information content (AvgIpc) is 2.58. The van der Waals surface area contributed by atoms with Gasteiger partial charge in [-0.1, -0.05) is 12.1 Å². The van der Waals surface area contributed by atoms with Crippen LogP contribution in [0.1, 0.15) is 19.3 Å². The molecule has 0 radical (unpaired) electrons. The first-order valence-electron chi connectivity index (χ1n) is 7.90. The number of rotatable bonds is 3. The van der Waals surface area contributed by atoms with Gasteiger partial charge in [-0.05, 0) is 55.7 Å². The topological polar surface area (TPSA) is 44.4 Å². The van der Waals surface area contributed by atoms with Crippen molar-refractivity contribution in [3.63, 3.8) is 0 Å². The normalized spacial score (nSPS) is 14.4. The first-order valence-corrected chi connectivity index (χ1v) is 7.90. The highest BCUT2D eigenvalue weighted by molar-refractivity contribution is 6.01. The van der Waals surface area contributed by atoms with Crippen molar-refractivity contribution in [3.8, 4) is 0 Å². The van der Waals surface area contributed by atoms with Crippen LogP contribution in [0.3, 0.4) is 0 Å². The summed E-state index contributed by atoms with van der Waals surface area (Å²) in [6.07, 6.45) is 3.61. The summed E-state index contributed by atoms with van der Waals surface area (Å²) in [6, 6.07) is 13.2. The number of para-hydroxylation sites is 2. The lowest BCUT2D eigenvalue weighted by Gasteiger charge is -2.30. The van der Waals surface area contributed by atoms with E-state index in [1.54, 1.807) is 0 Å². The molecule has 1 aliphatic heterocycles. The van der Waals surface area contributed by atoms with E-state index < -0.39 is 0 Å². The molecule has 23 heavy (non-hydrogen) atoms. The molecule has 1 fully saturated rings. The molecule has 5 heteroatoms. The number of anilines is 3. The van der Waals surface area contributed by atoms with Crippen LogP contribution in [-0.4, -0.2) is 19.1 Å². The van der Waals surface area contributed by atoms with Crippen molar-refractivity contribution in [2.45, 2.75) is 19.3 Å². The highest BCUT2D eigenvalue weighted by Gasteiger charge is 2.15. The van der Waals surface area contributed by atoms with Gasteiger partial charge in [0.05, 0.1) is 11.4 Å². The van der Waals surface area contributed by atoms with Crippen molar-refractivity contribution < 1.29 is 9.18 Å². The van der Waals surface area contributed by atoms with Crippen LogP contribution in [0.5, 0.6) is 0 Å². The molecule has 0 aliphatic carbocycles. The third kappa shape index (κ3) is 4.00. The van der Waals surface area contributed by atoms with Crippen LogP contribution in [0, 0.1) is 5.82 Å². The predicted octanol–water partition coefficient (Wildman–Crippen LogP) is 4.46. The van der Waals surface area contributed by atoms with Gasteiger partial charge in [-0.15, -0.1) is 0 Å². The summed E-state index contributed by atoms with van der Waals surface area (Å²) in [5.74, 6) is -0.327. The van der Waals surface area contributed by atoms with Gasteiger partial charge < -0.3 is 15.5 Å². The van der Waals surface area contributed by atoms with Crippen LogP contribution in [-0.2, 0) is 0 Å². The molecule has 0 spiro atoms. The number of nitrogens with one attached hydrogen (secondary N) is 2. The lowest BCUT2D eigenvalue weighted by atomic mass is 10.1. The van der Waals surface area contributed by atoms with Crippen LogP contribution in [0.25, 0.3) is 0 Å². The first kappa shape index (κ1) is 15.3. The average molecular weight is 313 g/mol. The zero-order valence-corrected chi connectivity index (χ0v) is 12.9. The van der Waals surface area contributed by atoms with Gasteiger partial charge in [0, 0.05) is 18.8 Å². The monoisotopic (exact) mass is 313 g/mol. The van der Waals surface area contributed by atoms with Crippen LogP contribution in [0.4, 0.5) is 26.2 Å². The van der Waals surface area contributed by atoms with Crippen LogP contribution >= 0.6 is 0 Å². The maximum atomic E-state index is 12.9. The molecule has 0 aromatic heterocycles. The van der Waals surface area contributed by atoms with E-state index in [4.69, 9.17) is 0 Å². The lowest BCUT2D eigenvalue weighted by molar-refractivity contribution is 0.262. The van der Waals surface area contributed by atoms with Crippen LogP contribution in [0.2, 0.25) is 0 Å². The Bertz CT molecular complexity index is 666. The zero-order chi connectivity index (χ0) is 16.1. The minimum absolute atomic E-state index is 0.327. The fourth-order valence-corrected chi connectivity index (χ4v) is 2.81. The van der Waals surface area contributed by atoms with E-state index in [0.717, 1.165) is 24.5 Å². The largest absolute Gasteiger partial charge is 0.370 e. The summed E-state index contributed by atoms with van der Waals surface area (Å²) in [4.78, 5) is 14.5. The summed E-state index contributed by atoms with van der Waals surface area (Å²) in [5, 5.41) is 5.60. The van der Waals surface area contributed by atoms with E-state index in [1.165, 1.54) is 43.5 Å². The van der Waals surface area contributed by atoms with Crippen molar-refractivity contribution in [2.24, 2.45) is 0 Å². The van der Waals surface area contributed by atoms with Gasteiger partial charge in [-0.25, -0.2) is 9.18 Å². The predicted molar refractivity (Wildman–Crippen MR) is 91.5 cm³/mol. The first-order chi connectivity index (χ1) is 11.2. The number of carbonyl (C=O) groups is 1. The Labute approximate surface area is 135 Å². The molecule has 3 rings (SSSR count). The van der Waals surface area contributed by atoms with E-state index in [9.17, 15) is 9.18 Å². The molecule has 0 bridgehead atoms. The third-order valence-corrected chi connectivity index (χ3v) is 3.95. The SMILES string of the molecule is O=C(Nc1ccc(F)cc1)Nc1ccccc1N1CCCCC1. The van der Waals surface area contributed by atoms with Crippen LogP contribution in [0.15, 0.2) is 48.5 Å². The number of halogens is 1. The molecule has 1 saturated heterocycles. The Balaban J connectivity index is 1.69. The maximum Gasteiger partial charge on any atom is 0.323 e. The Hall–Kier alpha value is -2.56. The molecule has 4 nitrogen and oxygen atoms in total. The number of benzene rings is 2. The van der Waals surface area contributed by atoms with Crippen molar-refractivity contribution in [1.82, 2.24) is 0 Å². The Kier molecular flexibility index (Phi) is 4.76. The van der Waals surface area contributed by atoms with Gasteiger partial charge in [0.15, 0.2) is 0 Å². The molecule has 2 aromatic rings. The number of piperidine rings is 1. The molecule has 2 aromatic carbocycles. The molecule has 0 atom stereocenters. The van der Waals surface area contributed by atoms with E-state index in [1.807, 2.05) is 24.3 Å². The second-order valence-electron chi connectivity index (χ2n) is 5.65. The van der Waals surface area contributed by atoms with Gasteiger partial charge >= 0.3 is 6.03 Å². The summed E-state index contributed by atoms with van der Waals surface area (Å²) in [7, 11) is 0. The van der Waals surface area contributed by atoms with Gasteiger partial charge in [-0.2, -0.15) is 0 Å². The quantitative estimate of drug-likeness (QED) is 0.878. The number of hydrogen-bond donors (Lipinski definition) is 2. The standard InChI is InChI=1S/C18H20FN3O/c19-14-8-10-15(11-9-14)20-18(23)21-16-6-2-3-7-17(16)22-12-4-1-5-13-22/h2-3,6-11H,1,4-5,12-13H2,(H2,20,21,23). The highest BCUT2D eigenvalue weighted by Crippen LogP contribution is 2.28. The zero-order valence-electron chi connectivity index (χ0n) is 12.9. The third-order valence-electron chi connectivity index (χ3n) is 3.95. The molecule has 120 valence electrons. The van der Waals surface area contributed by atoms with E-state index in [0.29, 0.717) is 5.69 Å². The minimum Gasteiger partial charge on any atom is -0.370 e. The molecular weight excluding hydrogens is 293 g/mol. The highest BCUT2D eigenvalue weighted by atomic mass is 19.1. The van der Waals surface area contributed by atoms with Gasteiger partial charge in [0.25, 0.3) is 0 Å². The molecule has 2 N–H and O–H groups in total. The maximum absolute atomic E-state index is 12.9. The number of amides is 2. The Morgan fingerprint density at radius 3 is 2.35 bits per heavy atom. The van der Waals surface area contributed by atoms with Gasteiger partial charge in [0.2, 0.25) is 0 Å². The van der Waals surface area contributed by atoms with Gasteiger partial charge in [0.1, 0.15) is 5.82 Å². The lowest BCUT2D eigenvalue weighted by Crippen LogP contribution is -2.30. The number of hydrogen-bond acceptors (Lipinski definition) is 2. The van der Waals surface area contributed by atoms with Crippen molar-refractivity contribution in [3.05, 3.63) is 54.3 Å². The molecule has 2 amide bonds. The number of nitrogens with zero attached hydrogens (tertiary/aromatic N) is 1. The molecule has 0 unspecified atom stereocenters. The van der Waals surface area contributed by atoms with E-state index in [-0.39, 0.29) is 11.8 Å². The molecule has 0 saturated carbocycles. The minimum atomic E-state index is -0.332. The fourth-order valence-electron chi connectivity index (χ4n) is 2.81. The number of carbonyl (C=O) groups excluding carboxylic acids is 1. The van der Waals surface area contributed by atoms with Crippen molar-refractivity contribution >= 4 is 23.1 Å². The van der Waals surface area contributed by atoms with E-state index >= 15 is 0 Å². The second kappa shape index (κ2) is 7.13. The molecular formula is C18H20FN3O. The fraction of sp³-hybridized carbons (Fsp3) is 0.278. The summed E-state index contributed by atoms with van der Waals surface area (Å²) < 4.78 is 12.9.